The Morgan fingerprint density at radius 3 is 2.88 bits per heavy atom. The van der Waals surface area contributed by atoms with E-state index in [4.69, 9.17) is 15.4 Å². The van der Waals surface area contributed by atoms with Crippen molar-refractivity contribution in [2.45, 2.75) is 10.9 Å². The van der Waals surface area contributed by atoms with E-state index >= 15 is 0 Å². The topological polar surface area (TPSA) is 72.5 Å². The van der Waals surface area contributed by atoms with Gasteiger partial charge in [0.2, 0.25) is 6.41 Å². The van der Waals surface area contributed by atoms with Crippen molar-refractivity contribution in [1.29, 1.82) is 0 Å². The molecule has 7 heteroatoms. The van der Waals surface area contributed by atoms with Crippen LogP contribution in [0.25, 0.3) is 0 Å². The predicted molar refractivity (Wildman–Crippen MR) is 56.9 cm³/mol. The molecule has 1 N–H and O–H groups in total. The van der Waals surface area contributed by atoms with Crippen LogP contribution in [-0.4, -0.2) is 21.4 Å². The van der Waals surface area contributed by atoms with Crippen LogP contribution in [0.15, 0.2) is 23.1 Å². The standard InChI is InChI=1S/C9H8ClNO4S/c10-16(13,14)6-1-2-9-7(3-6)8(4-15-9)11-5-12/h1-3,5,8H,4H2,(H,11,12). The average molecular weight is 262 g/mol. The van der Waals surface area contributed by atoms with Gasteiger partial charge in [-0.1, -0.05) is 0 Å². The monoisotopic (exact) mass is 261 g/mol. The van der Waals surface area contributed by atoms with Crippen LogP contribution in [0.5, 0.6) is 5.75 Å². The van der Waals surface area contributed by atoms with Crippen molar-refractivity contribution in [2.75, 3.05) is 6.61 Å². The lowest BCUT2D eigenvalue weighted by Crippen LogP contribution is -2.20. The van der Waals surface area contributed by atoms with Crippen molar-refractivity contribution in [3.05, 3.63) is 23.8 Å². The van der Waals surface area contributed by atoms with Crippen molar-refractivity contribution < 1.29 is 17.9 Å². The molecule has 1 aromatic carbocycles. The van der Waals surface area contributed by atoms with E-state index in [-0.39, 0.29) is 10.9 Å². The highest BCUT2D eigenvalue weighted by Crippen LogP contribution is 2.34. The predicted octanol–water partition coefficient (Wildman–Crippen LogP) is 0.794. The molecule has 1 heterocycles. The van der Waals surface area contributed by atoms with Gasteiger partial charge in [0.05, 0.1) is 10.9 Å². The van der Waals surface area contributed by atoms with Crippen LogP contribution in [0.4, 0.5) is 0 Å². The van der Waals surface area contributed by atoms with Gasteiger partial charge in [-0.2, -0.15) is 0 Å². The fraction of sp³-hybridized carbons (Fsp3) is 0.222. The molecule has 1 aliphatic heterocycles. The van der Waals surface area contributed by atoms with Gasteiger partial charge in [-0.05, 0) is 18.2 Å². The molecule has 5 nitrogen and oxygen atoms in total. The number of ether oxygens (including phenoxy) is 1. The van der Waals surface area contributed by atoms with Crippen LogP contribution in [0.2, 0.25) is 0 Å². The van der Waals surface area contributed by atoms with Crippen molar-refractivity contribution in [3.63, 3.8) is 0 Å². The zero-order chi connectivity index (χ0) is 11.8. The highest BCUT2D eigenvalue weighted by atomic mass is 35.7. The summed E-state index contributed by atoms with van der Waals surface area (Å²) >= 11 is 0. The highest BCUT2D eigenvalue weighted by Gasteiger charge is 2.25. The Hall–Kier alpha value is -1.27. The lowest BCUT2D eigenvalue weighted by atomic mass is 10.1. The Balaban J connectivity index is 2.45. The minimum absolute atomic E-state index is 0.00360. The molecule has 0 spiro atoms. The van der Waals surface area contributed by atoms with Gasteiger partial charge in [-0.3, -0.25) is 4.79 Å². The maximum atomic E-state index is 11.1. The maximum Gasteiger partial charge on any atom is 0.261 e. The Kier molecular flexibility index (Phi) is 2.77. The van der Waals surface area contributed by atoms with E-state index in [1.165, 1.54) is 18.2 Å². The molecule has 0 saturated heterocycles. The van der Waals surface area contributed by atoms with Crippen LogP contribution in [-0.2, 0) is 13.8 Å². The van der Waals surface area contributed by atoms with Gasteiger partial charge in [0.15, 0.2) is 0 Å². The largest absolute Gasteiger partial charge is 0.491 e. The van der Waals surface area contributed by atoms with Gasteiger partial charge in [0.1, 0.15) is 12.4 Å². The number of hydrogen-bond acceptors (Lipinski definition) is 4. The second kappa shape index (κ2) is 3.95. The smallest absolute Gasteiger partial charge is 0.261 e. The van der Waals surface area contributed by atoms with Crippen LogP contribution >= 0.6 is 10.7 Å². The number of halogens is 1. The number of amides is 1. The van der Waals surface area contributed by atoms with Crippen molar-refractivity contribution in [1.82, 2.24) is 5.32 Å². The lowest BCUT2D eigenvalue weighted by Gasteiger charge is -2.06. The summed E-state index contributed by atoms with van der Waals surface area (Å²) in [5.74, 6) is 0.559. The molecule has 0 aliphatic carbocycles. The number of hydrogen-bond donors (Lipinski definition) is 1. The Morgan fingerprint density at radius 1 is 1.50 bits per heavy atom. The molecule has 1 aromatic rings. The van der Waals surface area contributed by atoms with Gasteiger partial charge in [-0.15, -0.1) is 0 Å². The van der Waals surface area contributed by atoms with Gasteiger partial charge >= 0.3 is 0 Å². The van der Waals surface area contributed by atoms with E-state index in [2.05, 4.69) is 5.32 Å². The number of rotatable bonds is 3. The number of carbonyl (C=O) groups excluding carboxylic acids is 1. The molecule has 0 fully saturated rings. The summed E-state index contributed by atoms with van der Waals surface area (Å²) in [5, 5.41) is 2.54. The number of nitrogens with one attached hydrogen (secondary N) is 1. The van der Waals surface area contributed by atoms with E-state index in [1.54, 1.807) is 0 Å². The average Bonchev–Trinajstić information content (AvgIpc) is 2.60. The summed E-state index contributed by atoms with van der Waals surface area (Å²) in [6.45, 7) is 0.292. The summed E-state index contributed by atoms with van der Waals surface area (Å²) in [6.07, 6.45) is 0.547. The third-order valence-electron chi connectivity index (χ3n) is 2.31. The van der Waals surface area contributed by atoms with Gasteiger partial charge < -0.3 is 10.1 Å². The lowest BCUT2D eigenvalue weighted by molar-refractivity contribution is -0.110. The summed E-state index contributed by atoms with van der Waals surface area (Å²) in [4.78, 5) is 10.3. The van der Waals surface area contributed by atoms with E-state index in [1.807, 2.05) is 0 Å². The molecule has 0 radical (unpaired) electrons. The maximum absolute atomic E-state index is 11.1. The molecular weight excluding hydrogens is 254 g/mol. The third-order valence-corrected chi connectivity index (χ3v) is 3.66. The summed E-state index contributed by atoms with van der Waals surface area (Å²) < 4.78 is 27.5. The van der Waals surface area contributed by atoms with Gasteiger partial charge in [-0.25, -0.2) is 8.42 Å². The summed E-state index contributed by atoms with van der Waals surface area (Å²) in [5.41, 5.74) is 0.619. The van der Waals surface area contributed by atoms with Crippen LogP contribution in [0, 0.1) is 0 Å². The third kappa shape index (κ3) is 1.98. The van der Waals surface area contributed by atoms with Crippen LogP contribution in [0.1, 0.15) is 11.6 Å². The Bertz CT molecular complexity index is 528. The van der Waals surface area contributed by atoms with Crippen LogP contribution < -0.4 is 10.1 Å². The number of fused-ring (bicyclic) bond motifs is 1. The van der Waals surface area contributed by atoms with Crippen molar-refractivity contribution in [2.24, 2.45) is 0 Å². The molecule has 1 aliphatic rings. The van der Waals surface area contributed by atoms with Crippen molar-refractivity contribution in [3.8, 4) is 5.75 Å². The minimum Gasteiger partial charge on any atom is -0.491 e. The zero-order valence-electron chi connectivity index (χ0n) is 8.01. The first kappa shape index (κ1) is 11.2. The van der Waals surface area contributed by atoms with Crippen LogP contribution in [0.3, 0.4) is 0 Å². The number of carbonyl (C=O) groups is 1. The molecule has 1 amide bonds. The fourth-order valence-corrected chi connectivity index (χ4v) is 2.35. The molecule has 0 aromatic heterocycles. The highest BCUT2D eigenvalue weighted by molar-refractivity contribution is 8.13. The SMILES string of the molecule is O=CNC1COc2ccc(S(=O)(=O)Cl)cc21. The minimum atomic E-state index is -3.76. The fourth-order valence-electron chi connectivity index (χ4n) is 1.56. The normalized spacial score (nSPS) is 18.7. The zero-order valence-corrected chi connectivity index (χ0v) is 9.59. The van der Waals surface area contributed by atoms with E-state index < -0.39 is 9.05 Å². The number of benzene rings is 1. The van der Waals surface area contributed by atoms with Gasteiger partial charge in [0, 0.05) is 16.2 Å². The molecule has 1 unspecified atom stereocenters. The molecule has 2 rings (SSSR count). The molecular formula is C9H8ClNO4S. The second-order valence-electron chi connectivity index (χ2n) is 3.29. The van der Waals surface area contributed by atoms with Crippen molar-refractivity contribution >= 4 is 26.1 Å². The molecule has 1 atom stereocenters. The molecule has 0 bridgehead atoms. The molecule has 0 saturated carbocycles. The van der Waals surface area contributed by atoms with E-state index in [0.717, 1.165) is 0 Å². The molecule has 16 heavy (non-hydrogen) atoms. The summed E-state index contributed by atoms with van der Waals surface area (Å²) in [7, 11) is 1.46. The van der Waals surface area contributed by atoms with E-state index in [0.29, 0.717) is 24.3 Å². The Morgan fingerprint density at radius 2 is 2.25 bits per heavy atom. The van der Waals surface area contributed by atoms with E-state index in [9.17, 15) is 13.2 Å². The first-order valence-corrected chi connectivity index (χ1v) is 6.74. The second-order valence-corrected chi connectivity index (χ2v) is 5.85. The Labute approximate surface area is 96.8 Å². The quantitative estimate of drug-likeness (QED) is 0.645. The summed E-state index contributed by atoms with van der Waals surface area (Å²) in [6, 6.07) is 3.97. The first-order chi connectivity index (χ1) is 7.52. The molecule has 86 valence electrons. The first-order valence-electron chi connectivity index (χ1n) is 4.43. The van der Waals surface area contributed by atoms with Gasteiger partial charge in [0.25, 0.3) is 9.05 Å².